The topological polar surface area (TPSA) is 71.1 Å². The molecule has 3 rings (SSSR count). The highest BCUT2D eigenvalue weighted by Crippen LogP contribution is 2.34. The lowest BCUT2D eigenvalue weighted by atomic mass is 9.95. The van der Waals surface area contributed by atoms with E-state index in [1.807, 2.05) is 69.3 Å². The maximum absolute atomic E-state index is 12.1. The molecule has 0 aliphatic rings. The molecular formula is C23H25N3O2S. The Hall–Kier alpha value is -2.99. The normalized spacial score (nSPS) is 11.2. The summed E-state index contributed by atoms with van der Waals surface area (Å²) in [6, 6.07) is 15.4. The molecule has 5 nitrogen and oxygen atoms in total. The molecule has 0 atom stereocenters. The lowest BCUT2D eigenvalue weighted by Gasteiger charge is -2.17. The zero-order valence-electron chi connectivity index (χ0n) is 17.3. The summed E-state index contributed by atoms with van der Waals surface area (Å²) >= 11 is 1.63. The van der Waals surface area contributed by atoms with Gasteiger partial charge in [-0.1, -0.05) is 32.9 Å². The number of rotatable bonds is 4. The van der Waals surface area contributed by atoms with Gasteiger partial charge in [-0.3, -0.25) is 9.59 Å². The zero-order valence-corrected chi connectivity index (χ0v) is 18.1. The number of hydrogen-bond donors (Lipinski definition) is 2. The third-order valence-electron chi connectivity index (χ3n) is 4.35. The first-order valence-corrected chi connectivity index (χ1v) is 10.2. The number of aryl methyl sites for hydroxylation is 1. The van der Waals surface area contributed by atoms with Gasteiger partial charge in [0.2, 0.25) is 11.8 Å². The van der Waals surface area contributed by atoms with Crippen LogP contribution in [-0.4, -0.2) is 16.8 Å². The number of nitrogens with zero attached hydrogens (tertiary/aromatic N) is 1. The van der Waals surface area contributed by atoms with Crippen LogP contribution in [0.3, 0.4) is 0 Å². The largest absolute Gasteiger partial charge is 0.326 e. The fourth-order valence-electron chi connectivity index (χ4n) is 2.72. The van der Waals surface area contributed by atoms with Crippen molar-refractivity contribution in [2.75, 3.05) is 10.6 Å². The molecule has 2 N–H and O–H groups in total. The zero-order chi connectivity index (χ0) is 21.2. The van der Waals surface area contributed by atoms with Crippen molar-refractivity contribution in [3.8, 4) is 21.8 Å². The Morgan fingerprint density at radius 2 is 1.38 bits per heavy atom. The van der Waals surface area contributed by atoms with Gasteiger partial charge in [0.15, 0.2) is 0 Å². The summed E-state index contributed by atoms with van der Waals surface area (Å²) in [5, 5.41) is 6.63. The molecule has 29 heavy (non-hydrogen) atoms. The molecule has 0 aliphatic heterocycles. The van der Waals surface area contributed by atoms with Gasteiger partial charge in [0.05, 0.1) is 5.69 Å². The van der Waals surface area contributed by atoms with Crippen molar-refractivity contribution in [2.45, 2.75) is 34.6 Å². The van der Waals surface area contributed by atoms with Gasteiger partial charge in [0, 0.05) is 39.7 Å². The smallest absolute Gasteiger partial charge is 0.229 e. The molecule has 1 heterocycles. The van der Waals surface area contributed by atoms with Crippen LogP contribution in [0.2, 0.25) is 0 Å². The van der Waals surface area contributed by atoms with Gasteiger partial charge in [-0.05, 0) is 43.3 Å². The number of carbonyl (C=O) groups excluding carboxylic acids is 2. The van der Waals surface area contributed by atoms with Gasteiger partial charge in [-0.15, -0.1) is 11.3 Å². The number of hydrogen-bond acceptors (Lipinski definition) is 4. The summed E-state index contributed by atoms with van der Waals surface area (Å²) in [5.74, 6) is -0.104. The lowest BCUT2D eigenvalue weighted by molar-refractivity contribution is -0.123. The van der Waals surface area contributed by atoms with Gasteiger partial charge in [-0.2, -0.15) is 0 Å². The van der Waals surface area contributed by atoms with Crippen LogP contribution in [0.25, 0.3) is 21.8 Å². The average Bonchev–Trinajstić information content (AvgIpc) is 3.03. The van der Waals surface area contributed by atoms with Crippen molar-refractivity contribution in [1.29, 1.82) is 0 Å². The van der Waals surface area contributed by atoms with Crippen molar-refractivity contribution in [1.82, 2.24) is 4.98 Å². The van der Waals surface area contributed by atoms with Crippen LogP contribution in [0, 0.1) is 12.3 Å². The Balaban J connectivity index is 1.79. The van der Waals surface area contributed by atoms with E-state index >= 15 is 0 Å². The van der Waals surface area contributed by atoms with E-state index in [1.165, 1.54) is 6.92 Å². The number of anilines is 2. The van der Waals surface area contributed by atoms with E-state index in [2.05, 4.69) is 17.6 Å². The second-order valence-electron chi connectivity index (χ2n) is 7.96. The van der Waals surface area contributed by atoms with Gasteiger partial charge in [0.1, 0.15) is 5.01 Å². The first-order chi connectivity index (χ1) is 13.6. The summed E-state index contributed by atoms with van der Waals surface area (Å²) in [6.07, 6.45) is 0. The molecule has 3 aromatic rings. The maximum atomic E-state index is 12.1. The van der Waals surface area contributed by atoms with E-state index in [0.717, 1.165) is 38.1 Å². The summed E-state index contributed by atoms with van der Waals surface area (Å²) in [6.45, 7) is 9.21. The number of benzene rings is 2. The minimum Gasteiger partial charge on any atom is -0.326 e. The quantitative estimate of drug-likeness (QED) is 0.580. The molecule has 0 spiro atoms. The van der Waals surface area contributed by atoms with E-state index in [0.29, 0.717) is 0 Å². The Kier molecular flexibility index (Phi) is 5.84. The fourth-order valence-corrected chi connectivity index (χ4v) is 3.66. The lowest BCUT2D eigenvalue weighted by Crippen LogP contribution is -2.27. The number of aromatic nitrogens is 1. The molecule has 0 bridgehead atoms. The molecule has 0 radical (unpaired) electrons. The van der Waals surface area contributed by atoms with Crippen LogP contribution < -0.4 is 10.6 Å². The Labute approximate surface area is 175 Å². The first kappa shape index (κ1) is 20.7. The van der Waals surface area contributed by atoms with Crippen LogP contribution in [0.1, 0.15) is 32.6 Å². The van der Waals surface area contributed by atoms with E-state index in [9.17, 15) is 9.59 Å². The summed E-state index contributed by atoms with van der Waals surface area (Å²) < 4.78 is 0. The van der Waals surface area contributed by atoms with E-state index in [1.54, 1.807) is 11.3 Å². The first-order valence-electron chi connectivity index (χ1n) is 9.41. The number of nitrogens with one attached hydrogen (secondary N) is 2. The number of amides is 2. The molecule has 6 heteroatoms. The van der Waals surface area contributed by atoms with Gasteiger partial charge in [0.25, 0.3) is 0 Å². The third-order valence-corrected chi connectivity index (χ3v) is 5.37. The second-order valence-corrected chi connectivity index (χ2v) is 9.17. The van der Waals surface area contributed by atoms with Crippen molar-refractivity contribution in [3.05, 3.63) is 53.4 Å². The highest BCUT2D eigenvalue weighted by atomic mass is 32.1. The molecule has 2 amide bonds. The predicted octanol–water partition coefficient (Wildman–Crippen LogP) is 5.73. The monoisotopic (exact) mass is 407 g/mol. The number of carbonyl (C=O) groups is 2. The molecular weight excluding hydrogens is 382 g/mol. The van der Waals surface area contributed by atoms with Crippen LogP contribution in [-0.2, 0) is 9.59 Å². The molecule has 2 aromatic carbocycles. The van der Waals surface area contributed by atoms with E-state index < -0.39 is 5.41 Å². The van der Waals surface area contributed by atoms with Crippen LogP contribution >= 0.6 is 11.3 Å². The minimum absolute atomic E-state index is 0.0138. The molecule has 0 saturated carbocycles. The third kappa shape index (κ3) is 5.09. The van der Waals surface area contributed by atoms with Gasteiger partial charge >= 0.3 is 0 Å². The van der Waals surface area contributed by atoms with Crippen molar-refractivity contribution >= 4 is 34.5 Å². The van der Waals surface area contributed by atoms with Crippen molar-refractivity contribution in [3.63, 3.8) is 0 Å². The molecule has 0 saturated heterocycles. The van der Waals surface area contributed by atoms with E-state index in [-0.39, 0.29) is 11.8 Å². The fraction of sp³-hybridized carbons (Fsp3) is 0.261. The van der Waals surface area contributed by atoms with Gasteiger partial charge < -0.3 is 10.6 Å². The highest BCUT2D eigenvalue weighted by Gasteiger charge is 2.21. The summed E-state index contributed by atoms with van der Waals surface area (Å²) in [4.78, 5) is 29.2. The average molecular weight is 408 g/mol. The van der Waals surface area contributed by atoms with Gasteiger partial charge in [-0.25, -0.2) is 4.98 Å². The van der Waals surface area contributed by atoms with Crippen molar-refractivity contribution in [2.24, 2.45) is 5.41 Å². The second kappa shape index (κ2) is 8.17. The van der Waals surface area contributed by atoms with Crippen molar-refractivity contribution < 1.29 is 9.59 Å². The summed E-state index contributed by atoms with van der Waals surface area (Å²) in [7, 11) is 0. The maximum Gasteiger partial charge on any atom is 0.229 e. The Morgan fingerprint density at radius 3 is 1.90 bits per heavy atom. The Bertz CT molecular complexity index is 1030. The van der Waals surface area contributed by atoms with Crippen LogP contribution in [0.15, 0.2) is 48.5 Å². The molecule has 0 unspecified atom stereocenters. The minimum atomic E-state index is -0.436. The molecule has 0 fully saturated rings. The highest BCUT2D eigenvalue weighted by molar-refractivity contribution is 7.15. The summed E-state index contributed by atoms with van der Waals surface area (Å²) in [5.41, 5.74) is 4.05. The SMILES string of the molecule is CC(=O)Nc1ccc(-c2nc(-c3ccc(NC(=O)C(C)(C)C)cc3)c(C)s2)cc1. The molecule has 1 aromatic heterocycles. The predicted molar refractivity (Wildman–Crippen MR) is 120 cm³/mol. The molecule has 150 valence electrons. The molecule has 0 aliphatic carbocycles. The Morgan fingerprint density at radius 1 is 0.862 bits per heavy atom. The van der Waals surface area contributed by atoms with Crippen LogP contribution in [0.5, 0.6) is 0 Å². The standard InChI is InChI=1S/C23H25N3O2S/c1-14-20(16-6-10-19(11-7-16)25-22(28)23(3,4)5)26-21(29-14)17-8-12-18(13-9-17)24-15(2)27/h6-13H,1-5H3,(H,24,27)(H,25,28). The number of thiazole rings is 1. The van der Waals surface area contributed by atoms with Crippen LogP contribution in [0.4, 0.5) is 11.4 Å². The van der Waals surface area contributed by atoms with E-state index in [4.69, 9.17) is 4.98 Å².